The highest BCUT2D eigenvalue weighted by atomic mass is 127. The van der Waals surface area contributed by atoms with Crippen LogP contribution in [0.2, 0.25) is 0 Å². The van der Waals surface area contributed by atoms with Gasteiger partial charge in [0.25, 0.3) is 0 Å². The molecule has 1 aliphatic rings. The van der Waals surface area contributed by atoms with Gasteiger partial charge in [-0.3, -0.25) is 9.88 Å². The Hall–Kier alpha value is -0.160. The lowest BCUT2D eigenvalue weighted by Crippen LogP contribution is -2.18. The second kappa shape index (κ2) is 4.37. The molecule has 0 aliphatic carbocycles. The van der Waals surface area contributed by atoms with Gasteiger partial charge >= 0.3 is 0 Å². The maximum Gasteiger partial charge on any atom is 0.0404 e. The number of hydrogen-bond acceptors (Lipinski definition) is 2. The summed E-state index contributed by atoms with van der Waals surface area (Å²) < 4.78 is 1.28. The van der Waals surface area contributed by atoms with Crippen LogP contribution in [-0.2, 0) is 6.54 Å². The van der Waals surface area contributed by atoms with Crippen LogP contribution in [-0.4, -0.2) is 23.0 Å². The molecule has 0 spiro atoms. The molecular weight excluding hydrogens is 275 g/mol. The first-order chi connectivity index (χ1) is 6.36. The van der Waals surface area contributed by atoms with Crippen LogP contribution in [0, 0.1) is 3.57 Å². The topological polar surface area (TPSA) is 16.1 Å². The van der Waals surface area contributed by atoms with Gasteiger partial charge in [0.2, 0.25) is 0 Å². The van der Waals surface area contributed by atoms with Gasteiger partial charge in [-0.15, -0.1) is 0 Å². The lowest BCUT2D eigenvalue weighted by Gasteiger charge is -2.14. The zero-order valence-electron chi connectivity index (χ0n) is 7.54. The fourth-order valence-corrected chi connectivity index (χ4v) is 2.23. The van der Waals surface area contributed by atoms with E-state index in [1.165, 1.54) is 35.1 Å². The van der Waals surface area contributed by atoms with Crippen LogP contribution in [0.3, 0.4) is 0 Å². The van der Waals surface area contributed by atoms with Crippen LogP contribution in [0.5, 0.6) is 0 Å². The first-order valence-electron chi connectivity index (χ1n) is 4.67. The molecule has 0 atom stereocenters. The van der Waals surface area contributed by atoms with Crippen molar-refractivity contribution in [2.24, 2.45) is 0 Å². The molecule has 3 heteroatoms. The summed E-state index contributed by atoms with van der Waals surface area (Å²) in [5.41, 5.74) is 1.41. The van der Waals surface area contributed by atoms with Crippen molar-refractivity contribution in [3.8, 4) is 0 Å². The van der Waals surface area contributed by atoms with E-state index >= 15 is 0 Å². The van der Waals surface area contributed by atoms with E-state index in [2.05, 4.69) is 38.5 Å². The minimum absolute atomic E-state index is 1.10. The quantitative estimate of drug-likeness (QED) is 0.776. The fraction of sp³-hybridized carbons (Fsp3) is 0.500. The maximum absolute atomic E-state index is 4.09. The molecule has 1 aliphatic heterocycles. The first kappa shape index (κ1) is 9.40. The summed E-state index contributed by atoms with van der Waals surface area (Å²) in [4.78, 5) is 6.60. The van der Waals surface area contributed by atoms with E-state index in [-0.39, 0.29) is 0 Å². The van der Waals surface area contributed by atoms with E-state index in [1.54, 1.807) is 0 Å². The highest BCUT2D eigenvalue weighted by Crippen LogP contribution is 2.16. The second-order valence-corrected chi connectivity index (χ2v) is 4.61. The van der Waals surface area contributed by atoms with Crippen molar-refractivity contribution in [2.45, 2.75) is 19.4 Å². The standard InChI is InChI=1S/C10H13IN2/c11-10-7-12-4-3-9(10)8-13-5-1-2-6-13/h3-4,7H,1-2,5-6,8H2. The van der Waals surface area contributed by atoms with Crippen molar-refractivity contribution < 1.29 is 0 Å². The number of nitrogens with zero attached hydrogens (tertiary/aromatic N) is 2. The van der Waals surface area contributed by atoms with Crippen LogP contribution < -0.4 is 0 Å². The van der Waals surface area contributed by atoms with E-state index in [0.29, 0.717) is 0 Å². The van der Waals surface area contributed by atoms with Crippen molar-refractivity contribution in [3.05, 3.63) is 27.6 Å². The van der Waals surface area contributed by atoms with Gasteiger partial charge in [0, 0.05) is 22.5 Å². The predicted octanol–water partition coefficient (Wildman–Crippen LogP) is 2.28. The highest BCUT2D eigenvalue weighted by Gasteiger charge is 2.12. The molecule has 2 heterocycles. The van der Waals surface area contributed by atoms with Gasteiger partial charge in [0.05, 0.1) is 0 Å². The molecule has 1 fully saturated rings. The van der Waals surface area contributed by atoms with Crippen molar-refractivity contribution in [1.29, 1.82) is 0 Å². The molecule has 2 nitrogen and oxygen atoms in total. The smallest absolute Gasteiger partial charge is 0.0404 e. The second-order valence-electron chi connectivity index (χ2n) is 3.45. The van der Waals surface area contributed by atoms with Crippen LogP contribution >= 0.6 is 22.6 Å². The molecule has 0 amide bonds. The third-order valence-electron chi connectivity index (χ3n) is 2.45. The lowest BCUT2D eigenvalue weighted by atomic mass is 10.2. The normalized spacial score (nSPS) is 17.9. The molecule has 0 radical (unpaired) electrons. The molecule has 0 saturated carbocycles. The summed E-state index contributed by atoms with van der Waals surface area (Å²) in [5, 5.41) is 0. The number of hydrogen-bond donors (Lipinski definition) is 0. The summed E-state index contributed by atoms with van der Waals surface area (Å²) in [5.74, 6) is 0. The summed E-state index contributed by atoms with van der Waals surface area (Å²) in [6, 6.07) is 2.13. The Labute approximate surface area is 92.5 Å². The summed E-state index contributed by atoms with van der Waals surface area (Å²) in [6.45, 7) is 3.62. The van der Waals surface area contributed by atoms with Crippen molar-refractivity contribution in [2.75, 3.05) is 13.1 Å². The SMILES string of the molecule is Ic1cnccc1CN1CCCC1. The van der Waals surface area contributed by atoms with Gasteiger partial charge in [-0.2, -0.15) is 0 Å². The molecule has 1 aromatic rings. The third kappa shape index (κ3) is 2.40. The monoisotopic (exact) mass is 288 g/mol. The van der Waals surface area contributed by atoms with E-state index in [9.17, 15) is 0 Å². The van der Waals surface area contributed by atoms with Gasteiger partial charge < -0.3 is 0 Å². The number of pyridine rings is 1. The Morgan fingerprint density at radius 1 is 1.38 bits per heavy atom. The lowest BCUT2D eigenvalue weighted by molar-refractivity contribution is 0.330. The predicted molar refractivity (Wildman–Crippen MR) is 61.5 cm³/mol. The van der Waals surface area contributed by atoms with Crippen LogP contribution in [0.4, 0.5) is 0 Å². The fourth-order valence-electron chi connectivity index (χ4n) is 1.71. The summed E-state index contributed by atoms with van der Waals surface area (Å²) in [7, 11) is 0. The Balaban J connectivity index is 2.04. The van der Waals surface area contributed by atoms with E-state index in [0.717, 1.165) is 6.54 Å². The number of halogens is 1. The summed E-state index contributed by atoms with van der Waals surface area (Å²) >= 11 is 2.36. The van der Waals surface area contributed by atoms with E-state index < -0.39 is 0 Å². The number of aromatic nitrogens is 1. The minimum Gasteiger partial charge on any atom is -0.299 e. The zero-order chi connectivity index (χ0) is 9.10. The van der Waals surface area contributed by atoms with E-state index in [1.807, 2.05) is 12.4 Å². The molecule has 1 saturated heterocycles. The molecule has 70 valence electrons. The number of likely N-dealkylation sites (tertiary alicyclic amines) is 1. The van der Waals surface area contributed by atoms with Gasteiger partial charge in [-0.1, -0.05) is 0 Å². The molecule has 0 N–H and O–H groups in total. The maximum atomic E-state index is 4.09. The van der Waals surface area contributed by atoms with Gasteiger partial charge in [-0.05, 0) is 60.2 Å². The summed E-state index contributed by atoms with van der Waals surface area (Å²) in [6.07, 6.45) is 6.54. The molecule has 13 heavy (non-hydrogen) atoms. The Kier molecular flexibility index (Phi) is 3.16. The Morgan fingerprint density at radius 3 is 2.85 bits per heavy atom. The molecule has 1 aromatic heterocycles. The largest absolute Gasteiger partial charge is 0.299 e. The molecular formula is C10H13IN2. The average Bonchev–Trinajstić information content (AvgIpc) is 2.61. The van der Waals surface area contributed by atoms with E-state index in [4.69, 9.17) is 0 Å². The van der Waals surface area contributed by atoms with Crippen LogP contribution in [0.1, 0.15) is 18.4 Å². The van der Waals surface area contributed by atoms with Gasteiger partial charge in [0.1, 0.15) is 0 Å². The van der Waals surface area contributed by atoms with Crippen molar-refractivity contribution in [3.63, 3.8) is 0 Å². The Morgan fingerprint density at radius 2 is 2.15 bits per heavy atom. The van der Waals surface area contributed by atoms with Crippen LogP contribution in [0.15, 0.2) is 18.5 Å². The first-order valence-corrected chi connectivity index (χ1v) is 5.75. The van der Waals surface area contributed by atoms with Crippen LogP contribution in [0.25, 0.3) is 0 Å². The Bertz CT molecular complexity index is 282. The molecule has 0 bridgehead atoms. The highest BCUT2D eigenvalue weighted by molar-refractivity contribution is 14.1. The van der Waals surface area contributed by atoms with Gasteiger partial charge in [-0.25, -0.2) is 0 Å². The van der Waals surface area contributed by atoms with Gasteiger partial charge in [0.15, 0.2) is 0 Å². The van der Waals surface area contributed by atoms with Crippen molar-refractivity contribution in [1.82, 2.24) is 9.88 Å². The molecule has 2 rings (SSSR count). The average molecular weight is 288 g/mol. The number of rotatable bonds is 2. The minimum atomic E-state index is 1.10. The molecule has 0 unspecified atom stereocenters. The molecule has 0 aromatic carbocycles. The zero-order valence-corrected chi connectivity index (χ0v) is 9.70. The third-order valence-corrected chi connectivity index (χ3v) is 3.42. The van der Waals surface area contributed by atoms with Crippen molar-refractivity contribution >= 4 is 22.6 Å².